The van der Waals surface area contributed by atoms with E-state index in [1.54, 1.807) is 0 Å². The van der Waals surface area contributed by atoms with Gasteiger partial charge in [0.25, 0.3) is 0 Å². The molecule has 4 heteroatoms. The Morgan fingerprint density at radius 3 is 2.47 bits per heavy atom. The van der Waals surface area contributed by atoms with Gasteiger partial charge in [0.05, 0.1) is 0 Å². The van der Waals surface area contributed by atoms with Crippen molar-refractivity contribution < 1.29 is 14.3 Å². The van der Waals surface area contributed by atoms with E-state index in [1.807, 2.05) is 20.8 Å². The molecule has 100 valence electrons. The molecule has 0 bridgehead atoms. The molecule has 0 aliphatic carbocycles. The highest BCUT2D eigenvalue weighted by Gasteiger charge is 2.18. The second-order valence-electron chi connectivity index (χ2n) is 5.24. The number of hydrogen-bond donors (Lipinski definition) is 1. The summed E-state index contributed by atoms with van der Waals surface area (Å²) in [7, 11) is 0. The third-order valence-corrected chi connectivity index (χ3v) is 2.26. The molecule has 1 N–H and O–H groups in total. The van der Waals surface area contributed by atoms with Crippen molar-refractivity contribution in [3.8, 4) is 0 Å². The Morgan fingerprint density at radius 1 is 1.35 bits per heavy atom. The number of aldehydes is 1. The molecule has 1 unspecified atom stereocenters. The Kier molecular flexibility index (Phi) is 7.59. The van der Waals surface area contributed by atoms with Gasteiger partial charge < -0.3 is 14.8 Å². The van der Waals surface area contributed by atoms with Crippen molar-refractivity contribution >= 4 is 12.4 Å². The smallest absolute Gasteiger partial charge is 0.407 e. The highest BCUT2D eigenvalue weighted by molar-refractivity contribution is 5.68. The summed E-state index contributed by atoms with van der Waals surface area (Å²) in [5.41, 5.74) is -0.501. The molecule has 4 nitrogen and oxygen atoms in total. The largest absolute Gasteiger partial charge is 0.444 e. The fourth-order valence-corrected chi connectivity index (χ4v) is 1.48. The number of nitrogens with one attached hydrogen (secondary N) is 1. The van der Waals surface area contributed by atoms with Crippen molar-refractivity contribution in [3.63, 3.8) is 0 Å². The highest BCUT2D eigenvalue weighted by Crippen LogP contribution is 2.09. The van der Waals surface area contributed by atoms with Crippen molar-refractivity contribution in [1.82, 2.24) is 5.32 Å². The van der Waals surface area contributed by atoms with Gasteiger partial charge in [-0.2, -0.15) is 0 Å². The number of hydrogen-bond acceptors (Lipinski definition) is 3. The van der Waals surface area contributed by atoms with Crippen LogP contribution in [0.4, 0.5) is 4.79 Å². The average Bonchev–Trinajstić information content (AvgIpc) is 2.15. The average molecular weight is 243 g/mol. The maximum Gasteiger partial charge on any atom is 0.407 e. The van der Waals surface area contributed by atoms with Crippen LogP contribution in [0.25, 0.3) is 0 Å². The fraction of sp³-hybridized carbons (Fsp3) is 0.846. The van der Waals surface area contributed by atoms with Gasteiger partial charge in [0, 0.05) is 12.5 Å². The zero-order chi connectivity index (χ0) is 13.3. The maximum absolute atomic E-state index is 11.5. The number of amides is 1. The minimum atomic E-state index is -0.501. The van der Waals surface area contributed by atoms with Gasteiger partial charge in [0.1, 0.15) is 11.9 Å². The Balaban J connectivity index is 4.05. The molecule has 0 aliphatic rings. The summed E-state index contributed by atoms with van der Waals surface area (Å²) in [6, 6.07) is -0.103. The molecule has 0 aromatic heterocycles. The van der Waals surface area contributed by atoms with Crippen LogP contribution in [0.1, 0.15) is 59.8 Å². The van der Waals surface area contributed by atoms with Crippen LogP contribution in [-0.2, 0) is 9.53 Å². The van der Waals surface area contributed by atoms with Crippen LogP contribution in [-0.4, -0.2) is 24.0 Å². The van der Waals surface area contributed by atoms with Crippen LogP contribution in [0.2, 0.25) is 0 Å². The van der Waals surface area contributed by atoms with Crippen LogP contribution in [0.3, 0.4) is 0 Å². The minimum absolute atomic E-state index is 0.103. The van der Waals surface area contributed by atoms with Crippen molar-refractivity contribution in [2.45, 2.75) is 71.4 Å². The number of carbonyl (C=O) groups excluding carboxylic acids is 2. The maximum atomic E-state index is 11.5. The molecular weight excluding hydrogens is 218 g/mol. The van der Waals surface area contributed by atoms with Crippen LogP contribution >= 0.6 is 0 Å². The first-order chi connectivity index (χ1) is 7.89. The van der Waals surface area contributed by atoms with Gasteiger partial charge >= 0.3 is 6.09 Å². The predicted molar refractivity (Wildman–Crippen MR) is 68.0 cm³/mol. The van der Waals surface area contributed by atoms with E-state index >= 15 is 0 Å². The molecule has 17 heavy (non-hydrogen) atoms. The predicted octanol–water partition coefficient (Wildman–Crippen LogP) is 3.05. The van der Waals surface area contributed by atoms with E-state index in [1.165, 1.54) is 0 Å². The summed E-state index contributed by atoms with van der Waals surface area (Å²) in [4.78, 5) is 22.0. The standard InChI is InChI=1S/C13H25NO3/c1-5-6-7-8-11(9-10-15)14-12(16)17-13(2,3)4/h10-11H,5-9H2,1-4H3,(H,14,16). The third-order valence-electron chi connectivity index (χ3n) is 2.26. The Hall–Kier alpha value is -1.06. The summed E-state index contributed by atoms with van der Waals surface area (Å²) in [5.74, 6) is 0. The van der Waals surface area contributed by atoms with Gasteiger partial charge in [-0.05, 0) is 27.2 Å². The van der Waals surface area contributed by atoms with Crippen LogP contribution in [0.5, 0.6) is 0 Å². The molecule has 0 spiro atoms. The third kappa shape index (κ3) is 9.85. The monoisotopic (exact) mass is 243 g/mol. The zero-order valence-electron chi connectivity index (χ0n) is 11.4. The summed E-state index contributed by atoms with van der Waals surface area (Å²) < 4.78 is 5.15. The fourth-order valence-electron chi connectivity index (χ4n) is 1.48. The first kappa shape index (κ1) is 15.9. The molecule has 0 fully saturated rings. The van der Waals surface area contributed by atoms with Gasteiger partial charge in [-0.1, -0.05) is 26.2 Å². The quantitative estimate of drug-likeness (QED) is 0.552. The van der Waals surface area contributed by atoms with E-state index in [0.29, 0.717) is 6.42 Å². The Morgan fingerprint density at radius 2 is 2.00 bits per heavy atom. The second-order valence-corrected chi connectivity index (χ2v) is 5.24. The van der Waals surface area contributed by atoms with Gasteiger partial charge in [-0.15, -0.1) is 0 Å². The number of ether oxygens (including phenoxy) is 1. The summed E-state index contributed by atoms with van der Waals surface area (Å²) >= 11 is 0. The number of unbranched alkanes of at least 4 members (excludes halogenated alkanes) is 2. The second kappa shape index (κ2) is 8.09. The first-order valence-corrected chi connectivity index (χ1v) is 6.32. The van der Waals surface area contributed by atoms with Crippen molar-refractivity contribution in [3.05, 3.63) is 0 Å². The highest BCUT2D eigenvalue weighted by atomic mass is 16.6. The normalized spacial score (nSPS) is 12.9. The lowest BCUT2D eigenvalue weighted by atomic mass is 10.1. The summed E-state index contributed by atoms with van der Waals surface area (Å²) in [6.07, 6.45) is 4.83. The van der Waals surface area contributed by atoms with Crippen LogP contribution in [0, 0.1) is 0 Å². The number of carbonyl (C=O) groups is 2. The summed E-state index contributed by atoms with van der Waals surface area (Å²) in [5, 5.41) is 2.74. The van der Waals surface area contributed by atoms with E-state index in [4.69, 9.17) is 4.74 Å². The first-order valence-electron chi connectivity index (χ1n) is 6.32. The lowest BCUT2D eigenvalue weighted by Gasteiger charge is -2.22. The topological polar surface area (TPSA) is 55.4 Å². The lowest BCUT2D eigenvalue weighted by Crippen LogP contribution is -2.39. The number of alkyl carbamates (subject to hydrolysis) is 1. The molecule has 0 saturated heterocycles. The van der Waals surface area contributed by atoms with Gasteiger partial charge in [-0.3, -0.25) is 0 Å². The van der Waals surface area contributed by atoms with Crippen molar-refractivity contribution in [2.24, 2.45) is 0 Å². The van der Waals surface area contributed by atoms with Crippen LogP contribution < -0.4 is 5.32 Å². The molecule has 0 aromatic carbocycles. The van der Waals surface area contributed by atoms with Gasteiger partial charge in [-0.25, -0.2) is 4.79 Å². The minimum Gasteiger partial charge on any atom is -0.444 e. The Bertz CT molecular complexity index is 233. The molecule has 0 saturated carbocycles. The van der Waals surface area contributed by atoms with E-state index in [-0.39, 0.29) is 6.04 Å². The summed E-state index contributed by atoms with van der Waals surface area (Å²) in [6.45, 7) is 7.57. The molecular formula is C13H25NO3. The molecule has 0 rings (SSSR count). The molecule has 1 atom stereocenters. The molecule has 0 aromatic rings. The van der Waals surface area contributed by atoms with E-state index < -0.39 is 11.7 Å². The SMILES string of the molecule is CCCCCC(CC=O)NC(=O)OC(C)(C)C. The van der Waals surface area contributed by atoms with Gasteiger partial charge in [0.15, 0.2) is 0 Å². The molecule has 1 amide bonds. The van der Waals surface area contributed by atoms with E-state index in [9.17, 15) is 9.59 Å². The van der Waals surface area contributed by atoms with Crippen molar-refractivity contribution in [1.29, 1.82) is 0 Å². The van der Waals surface area contributed by atoms with Crippen LogP contribution in [0.15, 0.2) is 0 Å². The molecule has 0 aliphatic heterocycles. The molecule has 0 radical (unpaired) electrons. The molecule has 0 heterocycles. The number of rotatable bonds is 7. The van der Waals surface area contributed by atoms with Gasteiger partial charge in [0.2, 0.25) is 0 Å². The van der Waals surface area contributed by atoms with E-state index in [0.717, 1.165) is 32.0 Å². The Labute approximate surface area is 104 Å². The van der Waals surface area contributed by atoms with Crippen molar-refractivity contribution in [2.75, 3.05) is 0 Å². The lowest BCUT2D eigenvalue weighted by molar-refractivity contribution is -0.108. The zero-order valence-corrected chi connectivity index (χ0v) is 11.4. The van der Waals surface area contributed by atoms with E-state index in [2.05, 4.69) is 12.2 Å².